The number of phenolic OH excluding ortho intramolecular Hbond substituents is 1. The summed E-state index contributed by atoms with van der Waals surface area (Å²) in [6, 6.07) is 6.36. The Morgan fingerprint density at radius 3 is 2.73 bits per heavy atom. The van der Waals surface area contributed by atoms with E-state index in [2.05, 4.69) is 4.98 Å². The number of hydrogen-bond acceptors (Lipinski definition) is 4. The van der Waals surface area contributed by atoms with E-state index in [0.717, 1.165) is 0 Å². The van der Waals surface area contributed by atoms with Crippen molar-refractivity contribution in [3.8, 4) is 5.75 Å². The van der Waals surface area contributed by atoms with E-state index in [-0.39, 0.29) is 22.7 Å². The minimum Gasteiger partial charge on any atom is -0.508 e. The highest BCUT2D eigenvalue weighted by atomic mass is 16.3. The molecular formula is C17H13NO4. The first-order chi connectivity index (χ1) is 10.4. The molecule has 1 aliphatic rings. The molecule has 0 unspecified atom stereocenters. The van der Waals surface area contributed by atoms with Gasteiger partial charge in [0.1, 0.15) is 11.5 Å². The van der Waals surface area contributed by atoms with Crippen LogP contribution in [0.2, 0.25) is 0 Å². The lowest BCUT2D eigenvalue weighted by Gasteiger charge is -2.30. The number of pyridine rings is 1. The Labute approximate surface area is 125 Å². The maximum atomic E-state index is 12.8. The number of ketones is 1. The van der Waals surface area contributed by atoms with Crippen LogP contribution < -0.4 is 5.56 Å². The van der Waals surface area contributed by atoms with Gasteiger partial charge < -0.3 is 14.5 Å². The molecule has 110 valence electrons. The molecular weight excluding hydrogens is 282 g/mol. The monoisotopic (exact) mass is 295 g/mol. The van der Waals surface area contributed by atoms with Gasteiger partial charge in [0, 0.05) is 22.6 Å². The van der Waals surface area contributed by atoms with E-state index in [1.807, 2.05) is 13.8 Å². The third-order valence-corrected chi connectivity index (χ3v) is 4.33. The number of aromatic hydroxyl groups is 1. The van der Waals surface area contributed by atoms with Crippen molar-refractivity contribution in [2.75, 3.05) is 0 Å². The Bertz CT molecular complexity index is 1010. The Balaban J connectivity index is 2.17. The molecule has 3 aromatic rings. The first kappa shape index (κ1) is 12.9. The van der Waals surface area contributed by atoms with Crippen LogP contribution in [0.4, 0.5) is 0 Å². The van der Waals surface area contributed by atoms with Crippen LogP contribution in [-0.2, 0) is 5.41 Å². The Hall–Kier alpha value is -2.82. The SMILES string of the molecule is CC1(C)c2cc(O)ccc2C(=O)c2c1oc1c(=O)[nH]ccc21. The van der Waals surface area contributed by atoms with Gasteiger partial charge in [-0.05, 0) is 43.7 Å². The number of benzene rings is 1. The number of fused-ring (bicyclic) bond motifs is 4. The molecule has 22 heavy (non-hydrogen) atoms. The maximum Gasteiger partial charge on any atom is 0.291 e. The number of rotatable bonds is 0. The second-order valence-corrected chi connectivity index (χ2v) is 6.04. The zero-order valence-corrected chi connectivity index (χ0v) is 12.1. The largest absolute Gasteiger partial charge is 0.508 e. The van der Waals surface area contributed by atoms with Crippen molar-refractivity contribution in [2.24, 2.45) is 0 Å². The maximum absolute atomic E-state index is 12.8. The number of phenols is 1. The van der Waals surface area contributed by atoms with Crippen molar-refractivity contribution < 1.29 is 14.3 Å². The van der Waals surface area contributed by atoms with E-state index >= 15 is 0 Å². The minimum absolute atomic E-state index is 0.0945. The predicted octanol–water partition coefficient (Wildman–Crippen LogP) is 2.70. The molecule has 2 N–H and O–H groups in total. The molecule has 0 atom stereocenters. The Kier molecular flexibility index (Phi) is 2.27. The molecule has 1 aliphatic carbocycles. The lowest BCUT2D eigenvalue weighted by atomic mass is 9.72. The van der Waals surface area contributed by atoms with Gasteiger partial charge in [0.2, 0.25) is 0 Å². The van der Waals surface area contributed by atoms with E-state index in [1.165, 1.54) is 12.3 Å². The molecule has 0 amide bonds. The number of nitrogens with one attached hydrogen (secondary N) is 1. The van der Waals surface area contributed by atoms with E-state index in [1.54, 1.807) is 18.2 Å². The average Bonchev–Trinajstić information content (AvgIpc) is 2.87. The number of carbonyl (C=O) groups is 1. The Morgan fingerprint density at radius 2 is 1.95 bits per heavy atom. The van der Waals surface area contributed by atoms with Gasteiger partial charge in [-0.1, -0.05) is 0 Å². The summed E-state index contributed by atoms with van der Waals surface area (Å²) in [5.74, 6) is 0.369. The summed E-state index contributed by atoms with van der Waals surface area (Å²) in [6.45, 7) is 3.82. The second kappa shape index (κ2) is 3.88. The van der Waals surface area contributed by atoms with Gasteiger partial charge in [-0.15, -0.1) is 0 Å². The summed E-state index contributed by atoms with van der Waals surface area (Å²) in [7, 11) is 0. The summed E-state index contributed by atoms with van der Waals surface area (Å²) >= 11 is 0. The van der Waals surface area contributed by atoms with Gasteiger partial charge in [0.25, 0.3) is 5.56 Å². The third kappa shape index (κ3) is 1.43. The highest BCUT2D eigenvalue weighted by Gasteiger charge is 2.42. The normalized spacial score (nSPS) is 15.6. The van der Waals surface area contributed by atoms with Crippen LogP contribution in [0.5, 0.6) is 5.75 Å². The molecule has 0 bridgehead atoms. The smallest absolute Gasteiger partial charge is 0.291 e. The first-order valence-corrected chi connectivity index (χ1v) is 6.94. The molecule has 5 nitrogen and oxygen atoms in total. The first-order valence-electron chi connectivity index (χ1n) is 6.94. The fourth-order valence-corrected chi connectivity index (χ4v) is 3.21. The van der Waals surface area contributed by atoms with Gasteiger partial charge in [-0.3, -0.25) is 9.59 Å². The quantitative estimate of drug-likeness (QED) is 0.668. The highest BCUT2D eigenvalue weighted by molar-refractivity contribution is 6.19. The lowest BCUT2D eigenvalue weighted by Crippen LogP contribution is -2.29. The number of H-pyrrole nitrogens is 1. The van der Waals surface area contributed by atoms with Crippen LogP contribution in [0.15, 0.2) is 39.7 Å². The van der Waals surface area contributed by atoms with E-state index in [4.69, 9.17) is 4.42 Å². The molecule has 4 rings (SSSR count). The molecule has 0 saturated carbocycles. The van der Waals surface area contributed by atoms with Crippen molar-refractivity contribution >= 4 is 16.8 Å². The molecule has 0 saturated heterocycles. The number of aromatic amines is 1. The molecule has 0 spiro atoms. The van der Waals surface area contributed by atoms with Crippen molar-refractivity contribution in [2.45, 2.75) is 19.3 Å². The standard InChI is InChI=1S/C17H13NO4/c1-17(2)11-7-8(19)3-4-9(11)13(20)12-10-5-6-18-16(21)14(10)22-15(12)17/h3-7,19H,1-2H3,(H,18,21). The number of aromatic nitrogens is 1. The molecule has 5 heteroatoms. The molecule has 0 fully saturated rings. The molecule has 0 radical (unpaired) electrons. The van der Waals surface area contributed by atoms with Crippen LogP contribution >= 0.6 is 0 Å². The molecule has 2 heterocycles. The van der Waals surface area contributed by atoms with Crippen molar-refractivity contribution in [1.29, 1.82) is 0 Å². The van der Waals surface area contributed by atoms with Crippen molar-refractivity contribution in [3.63, 3.8) is 0 Å². The summed E-state index contributed by atoms with van der Waals surface area (Å²) in [4.78, 5) is 27.3. The van der Waals surface area contributed by atoms with E-state index < -0.39 is 5.41 Å². The summed E-state index contributed by atoms with van der Waals surface area (Å²) < 4.78 is 5.76. The molecule has 1 aromatic carbocycles. The number of furan rings is 1. The van der Waals surface area contributed by atoms with Crippen LogP contribution in [0.3, 0.4) is 0 Å². The van der Waals surface area contributed by atoms with E-state index in [0.29, 0.717) is 27.8 Å². The molecule has 0 aliphatic heterocycles. The van der Waals surface area contributed by atoms with Gasteiger partial charge >= 0.3 is 0 Å². The fraction of sp³-hybridized carbons (Fsp3) is 0.176. The van der Waals surface area contributed by atoms with Crippen LogP contribution in [0.25, 0.3) is 11.0 Å². The van der Waals surface area contributed by atoms with Crippen LogP contribution in [-0.4, -0.2) is 15.9 Å². The average molecular weight is 295 g/mol. The third-order valence-electron chi connectivity index (χ3n) is 4.33. The summed E-state index contributed by atoms with van der Waals surface area (Å²) in [5.41, 5.74) is 0.833. The zero-order chi connectivity index (χ0) is 15.6. The second-order valence-electron chi connectivity index (χ2n) is 6.04. The van der Waals surface area contributed by atoms with Crippen LogP contribution in [0, 0.1) is 0 Å². The van der Waals surface area contributed by atoms with Gasteiger partial charge in [0.05, 0.1) is 5.56 Å². The topological polar surface area (TPSA) is 83.3 Å². The number of carbonyl (C=O) groups excluding carboxylic acids is 1. The van der Waals surface area contributed by atoms with E-state index in [9.17, 15) is 14.7 Å². The minimum atomic E-state index is -0.622. The van der Waals surface area contributed by atoms with Crippen molar-refractivity contribution in [1.82, 2.24) is 4.98 Å². The van der Waals surface area contributed by atoms with Crippen LogP contribution in [0.1, 0.15) is 41.1 Å². The lowest BCUT2D eigenvalue weighted by molar-refractivity contribution is 0.102. The van der Waals surface area contributed by atoms with Crippen molar-refractivity contribution in [3.05, 3.63) is 63.3 Å². The highest BCUT2D eigenvalue weighted by Crippen LogP contribution is 2.45. The van der Waals surface area contributed by atoms with Gasteiger partial charge in [-0.2, -0.15) is 0 Å². The zero-order valence-electron chi connectivity index (χ0n) is 12.1. The van der Waals surface area contributed by atoms with Gasteiger partial charge in [0.15, 0.2) is 11.4 Å². The Morgan fingerprint density at radius 1 is 1.18 bits per heavy atom. The fourth-order valence-electron chi connectivity index (χ4n) is 3.21. The number of hydrogen-bond donors (Lipinski definition) is 2. The summed E-state index contributed by atoms with van der Waals surface area (Å²) in [5, 5.41) is 10.3. The summed E-state index contributed by atoms with van der Waals surface area (Å²) in [6.07, 6.45) is 1.51. The predicted molar refractivity (Wildman–Crippen MR) is 80.5 cm³/mol. The van der Waals surface area contributed by atoms with Gasteiger partial charge in [-0.25, -0.2) is 0 Å². The molecule has 2 aromatic heterocycles.